The molecule has 2 atom stereocenters. The normalized spacial score (nSPS) is 15.0. The van der Waals surface area contributed by atoms with Gasteiger partial charge in [-0.25, -0.2) is 4.98 Å². The molecular weight excluding hydrogens is 246 g/mol. The lowest BCUT2D eigenvalue weighted by molar-refractivity contribution is 0.117. The number of hydrogen-bond donors (Lipinski definition) is 1. The highest BCUT2D eigenvalue weighted by Crippen LogP contribution is 2.18. The van der Waals surface area contributed by atoms with Gasteiger partial charge in [0.2, 0.25) is 0 Å². The highest BCUT2D eigenvalue weighted by molar-refractivity contribution is 7.09. The molecule has 1 aromatic rings. The molecule has 0 amide bonds. The lowest BCUT2D eigenvalue weighted by Gasteiger charge is -2.27. The van der Waals surface area contributed by atoms with E-state index in [2.05, 4.69) is 29.1 Å². The van der Waals surface area contributed by atoms with Crippen molar-refractivity contribution in [2.75, 3.05) is 20.3 Å². The molecule has 0 radical (unpaired) electrons. The number of methoxy groups -OCH3 is 1. The molecule has 0 saturated heterocycles. The molecule has 0 spiro atoms. The molecule has 0 bridgehead atoms. The van der Waals surface area contributed by atoms with Crippen LogP contribution in [-0.2, 0) is 11.3 Å². The number of hydrogen-bond acceptors (Lipinski definition) is 5. The van der Waals surface area contributed by atoms with Gasteiger partial charge in [0.05, 0.1) is 18.3 Å². The minimum absolute atomic E-state index is 0.0276. The summed E-state index contributed by atoms with van der Waals surface area (Å²) < 4.78 is 5.17. The van der Waals surface area contributed by atoms with Gasteiger partial charge in [0.1, 0.15) is 5.01 Å². The first-order valence-corrected chi connectivity index (χ1v) is 7.39. The van der Waals surface area contributed by atoms with Gasteiger partial charge >= 0.3 is 0 Å². The van der Waals surface area contributed by atoms with Crippen LogP contribution in [-0.4, -0.2) is 36.2 Å². The summed E-state index contributed by atoms with van der Waals surface area (Å²) in [5.41, 5.74) is 6.95. The van der Waals surface area contributed by atoms with Crippen LogP contribution < -0.4 is 5.73 Å². The van der Waals surface area contributed by atoms with Crippen LogP contribution in [0.5, 0.6) is 0 Å². The van der Waals surface area contributed by atoms with E-state index in [9.17, 15) is 0 Å². The second-order valence-corrected chi connectivity index (χ2v) is 5.58. The van der Waals surface area contributed by atoms with E-state index in [-0.39, 0.29) is 6.04 Å². The van der Waals surface area contributed by atoms with Crippen LogP contribution in [0.1, 0.15) is 43.9 Å². The maximum Gasteiger partial charge on any atom is 0.109 e. The van der Waals surface area contributed by atoms with E-state index >= 15 is 0 Å². The Hall–Kier alpha value is -0.490. The van der Waals surface area contributed by atoms with E-state index in [1.807, 2.05) is 6.92 Å². The molecule has 0 aromatic carbocycles. The zero-order valence-electron chi connectivity index (χ0n) is 11.8. The van der Waals surface area contributed by atoms with E-state index in [0.717, 1.165) is 36.8 Å². The number of rotatable bonds is 8. The number of thiazole rings is 1. The summed E-state index contributed by atoms with van der Waals surface area (Å²) in [5, 5.41) is 3.13. The van der Waals surface area contributed by atoms with Crippen LogP contribution >= 0.6 is 11.3 Å². The van der Waals surface area contributed by atoms with Crippen LogP contribution in [0.4, 0.5) is 0 Å². The van der Waals surface area contributed by atoms with Crippen molar-refractivity contribution in [3.05, 3.63) is 16.1 Å². The highest BCUT2D eigenvalue weighted by Gasteiger charge is 2.14. The molecule has 5 heteroatoms. The number of nitrogens with two attached hydrogens (primary N) is 1. The van der Waals surface area contributed by atoms with Crippen molar-refractivity contribution in [1.82, 2.24) is 9.88 Å². The maximum absolute atomic E-state index is 5.84. The fourth-order valence-corrected chi connectivity index (χ4v) is 2.50. The maximum atomic E-state index is 5.84. The van der Waals surface area contributed by atoms with Gasteiger partial charge in [0.15, 0.2) is 0 Å². The summed E-state index contributed by atoms with van der Waals surface area (Å²) >= 11 is 1.65. The Morgan fingerprint density at radius 2 is 2.22 bits per heavy atom. The molecule has 0 aliphatic carbocycles. The first kappa shape index (κ1) is 15.6. The summed E-state index contributed by atoms with van der Waals surface area (Å²) in [4.78, 5) is 6.99. The van der Waals surface area contributed by atoms with Gasteiger partial charge in [-0.05, 0) is 20.3 Å². The summed E-state index contributed by atoms with van der Waals surface area (Å²) in [5.74, 6) is 0. The Kier molecular flexibility index (Phi) is 6.78. The molecule has 1 rings (SSSR count). The lowest BCUT2D eigenvalue weighted by atomic mass is 10.2. The SMILES string of the molecule is CCC(C)N(CCOC)Cc1csc(C(C)N)n1. The van der Waals surface area contributed by atoms with E-state index in [1.165, 1.54) is 0 Å². The molecular formula is C13H25N3OS. The van der Waals surface area contributed by atoms with E-state index in [1.54, 1.807) is 18.4 Å². The average Bonchev–Trinajstić information content (AvgIpc) is 2.82. The minimum Gasteiger partial charge on any atom is -0.383 e. The second kappa shape index (κ2) is 7.84. The Labute approximate surface area is 114 Å². The predicted octanol–water partition coefficient (Wildman–Crippen LogP) is 2.41. The molecule has 18 heavy (non-hydrogen) atoms. The molecule has 4 nitrogen and oxygen atoms in total. The number of nitrogens with zero attached hydrogens (tertiary/aromatic N) is 2. The molecule has 0 fully saturated rings. The van der Waals surface area contributed by atoms with Crippen molar-refractivity contribution in [3.63, 3.8) is 0 Å². The van der Waals surface area contributed by atoms with E-state index in [0.29, 0.717) is 6.04 Å². The average molecular weight is 271 g/mol. The third-order valence-corrected chi connectivity index (χ3v) is 4.22. The highest BCUT2D eigenvalue weighted by atomic mass is 32.1. The van der Waals surface area contributed by atoms with Crippen LogP contribution in [0.15, 0.2) is 5.38 Å². The van der Waals surface area contributed by atoms with Crippen molar-refractivity contribution in [1.29, 1.82) is 0 Å². The fourth-order valence-electron chi connectivity index (χ4n) is 1.73. The monoisotopic (exact) mass is 271 g/mol. The van der Waals surface area contributed by atoms with Crippen molar-refractivity contribution in [2.45, 2.75) is 45.8 Å². The van der Waals surface area contributed by atoms with Crippen LogP contribution in [0.3, 0.4) is 0 Å². The fraction of sp³-hybridized carbons (Fsp3) is 0.769. The summed E-state index contributed by atoms with van der Waals surface area (Å²) in [7, 11) is 1.74. The van der Waals surface area contributed by atoms with Crippen molar-refractivity contribution >= 4 is 11.3 Å². The zero-order valence-corrected chi connectivity index (χ0v) is 12.7. The van der Waals surface area contributed by atoms with Crippen molar-refractivity contribution < 1.29 is 4.74 Å². The Bertz CT molecular complexity index is 341. The Balaban J connectivity index is 2.63. The first-order chi connectivity index (χ1) is 8.58. The molecule has 0 aliphatic heterocycles. The molecule has 0 aliphatic rings. The smallest absolute Gasteiger partial charge is 0.109 e. The molecule has 1 aromatic heterocycles. The standard InChI is InChI=1S/C13H25N3OS/c1-5-10(2)16(6-7-17-4)8-12-9-18-13(15-12)11(3)14/h9-11H,5-8,14H2,1-4H3. The second-order valence-electron chi connectivity index (χ2n) is 4.69. The number of aromatic nitrogens is 1. The van der Waals surface area contributed by atoms with Crippen LogP contribution in [0.2, 0.25) is 0 Å². The van der Waals surface area contributed by atoms with Crippen LogP contribution in [0.25, 0.3) is 0 Å². The molecule has 104 valence electrons. The van der Waals surface area contributed by atoms with E-state index < -0.39 is 0 Å². The third kappa shape index (κ3) is 4.65. The first-order valence-electron chi connectivity index (χ1n) is 6.51. The summed E-state index contributed by atoms with van der Waals surface area (Å²) in [6.07, 6.45) is 1.13. The van der Waals surface area contributed by atoms with Crippen molar-refractivity contribution in [3.8, 4) is 0 Å². The largest absolute Gasteiger partial charge is 0.383 e. The Morgan fingerprint density at radius 3 is 2.72 bits per heavy atom. The van der Waals surface area contributed by atoms with E-state index in [4.69, 9.17) is 10.5 Å². The summed E-state index contributed by atoms with van der Waals surface area (Å²) in [6.45, 7) is 9.00. The van der Waals surface area contributed by atoms with Gasteiger partial charge in [-0.3, -0.25) is 4.90 Å². The topological polar surface area (TPSA) is 51.4 Å². The molecule has 0 saturated carbocycles. The molecule has 2 N–H and O–H groups in total. The molecule has 1 heterocycles. The lowest BCUT2D eigenvalue weighted by Crippen LogP contribution is -2.35. The van der Waals surface area contributed by atoms with Gasteiger partial charge in [-0.2, -0.15) is 0 Å². The number of ether oxygens (including phenoxy) is 1. The zero-order chi connectivity index (χ0) is 13.5. The Morgan fingerprint density at radius 1 is 1.50 bits per heavy atom. The van der Waals surface area contributed by atoms with Gasteiger partial charge < -0.3 is 10.5 Å². The minimum atomic E-state index is 0.0276. The molecule has 2 unspecified atom stereocenters. The third-order valence-electron chi connectivity index (χ3n) is 3.12. The summed E-state index contributed by atoms with van der Waals surface area (Å²) in [6, 6.07) is 0.570. The van der Waals surface area contributed by atoms with Gasteiger partial charge in [0, 0.05) is 31.6 Å². The van der Waals surface area contributed by atoms with Crippen molar-refractivity contribution in [2.24, 2.45) is 5.73 Å². The van der Waals surface area contributed by atoms with Gasteiger partial charge in [-0.1, -0.05) is 6.92 Å². The van der Waals surface area contributed by atoms with Crippen LogP contribution in [0, 0.1) is 0 Å². The van der Waals surface area contributed by atoms with Gasteiger partial charge in [-0.15, -0.1) is 11.3 Å². The van der Waals surface area contributed by atoms with Gasteiger partial charge in [0.25, 0.3) is 0 Å². The quantitative estimate of drug-likeness (QED) is 0.789. The predicted molar refractivity (Wildman–Crippen MR) is 76.8 cm³/mol.